The van der Waals surface area contributed by atoms with Gasteiger partial charge in [0.1, 0.15) is 6.61 Å². The van der Waals surface area contributed by atoms with Crippen molar-refractivity contribution in [2.75, 3.05) is 32.2 Å². The average Bonchev–Trinajstić information content (AvgIpc) is 3.62. The second-order valence-corrected chi connectivity index (χ2v) is 11.1. The largest absolute Gasteiger partial charge is 0.514 e. The highest BCUT2D eigenvalue weighted by molar-refractivity contribution is 7.10. The predicted molar refractivity (Wildman–Crippen MR) is 169 cm³/mol. The maximum absolute atomic E-state index is 15.6. The standard InChI is InChI=1S/C34H28F5NO9S/c1-4-46-30(42)33(31(43)47-5-2,25-11-8-16-50-25)18-48-32(44)49-27-23(35)17-24(28(45-3)26(27)36)40-29(41)22-10-7-6-9-21(22)19-12-14-20(15-13-19)34(37,38)39/h6-17H,4-5,18H2,1-3H3,(H,40,41). The summed E-state index contributed by atoms with van der Waals surface area (Å²) in [5, 5.41) is 3.85. The SMILES string of the molecule is CCOC(=O)C(COC(=O)Oc1c(F)cc(NC(=O)c2ccccc2-c2ccc(C(F)(F)F)cc2)c(OC)c1F)(C(=O)OCC)c1cccs1. The minimum Gasteiger partial charge on any atom is -0.491 e. The fourth-order valence-corrected chi connectivity index (χ4v) is 5.60. The van der Waals surface area contributed by atoms with E-state index >= 15 is 8.78 Å². The molecule has 0 fully saturated rings. The summed E-state index contributed by atoms with van der Waals surface area (Å²) in [4.78, 5) is 52.3. The highest BCUT2D eigenvalue weighted by atomic mass is 32.1. The lowest BCUT2D eigenvalue weighted by atomic mass is 9.87. The second-order valence-electron chi connectivity index (χ2n) is 10.1. The number of esters is 2. The van der Waals surface area contributed by atoms with Crippen molar-refractivity contribution in [1.29, 1.82) is 0 Å². The van der Waals surface area contributed by atoms with Crippen LogP contribution in [0.5, 0.6) is 11.5 Å². The Kier molecular flexibility index (Phi) is 11.8. The Hall–Kier alpha value is -5.51. The molecule has 0 aliphatic carbocycles. The number of benzene rings is 3. The Morgan fingerprint density at radius 2 is 1.46 bits per heavy atom. The molecule has 3 aromatic carbocycles. The second kappa shape index (κ2) is 15.8. The summed E-state index contributed by atoms with van der Waals surface area (Å²) in [5.74, 6) is -8.25. The number of halogens is 5. The van der Waals surface area contributed by atoms with Crippen LogP contribution in [0.25, 0.3) is 11.1 Å². The van der Waals surface area contributed by atoms with Crippen molar-refractivity contribution >= 4 is 41.0 Å². The number of anilines is 1. The van der Waals surface area contributed by atoms with E-state index in [9.17, 15) is 32.3 Å². The first-order valence-electron chi connectivity index (χ1n) is 14.6. The molecule has 1 N–H and O–H groups in total. The van der Waals surface area contributed by atoms with E-state index in [1.54, 1.807) is 11.4 Å². The van der Waals surface area contributed by atoms with E-state index in [-0.39, 0.29) is 34.8 Å². The predicted octanol–water partition coefficient (Wildman–Crippen LogP) is 7.55. The van der Waals surface area contributed by atoms with Gasteiger partial charge in [-0.1, -0.05) is 36.4 Å². The maximum Gasteiger partial charge on any atom is 0.514 e. The molecule has 0 unspecified atom stereocenters. The quantitative estimate of drug-likeness (QED) is 0.0519. The molecule has 4 rings (SSSR count). The Morgan fingerprint density at radius 3 is 2.02 bits per heavy atom. The van der Waals surface area contributed by atoms with Crippen LogP contribution in [0, 0.1) is 11.6 Å². The summed E-state index contributed by atoms with van der Waals surface area (Å²) in [5.41, 5.74) is -3.30. The molecule has 1 amide bonds. The topological polar surface area (TPSA) is 126 Å². The minimum atomic E-state index is -4.58. The first-order chi connectivity index (χ1) is 23.8. The van der Waals surface area contributed by atoms with Crippen LogP contribution >= 0.6 is 11.3 Å². The summed E-state index contributed by atoms with van der Waals surface area (Å²) in [6, 6.07) is 13.4. The number of hydrogen-bond acceptors (Lipinski definition) is 10. The van der Waals surface area contributed by atoms with Crippen LogP contribution < -0.4 is 14.8 Å². The lowest BCUT2D eigenvalue weighted by Gasteiger charge is -2.27. The number of rotatable bonds is 12. The summed E-state index contributed by atoms with van der Waals surface area (Å²) < 4.78 is 94.9. The Balaban J connectivity index is 1.58. The summed E-state index contributed by atoms with van der Waals surface area (Å²) in [7, 11) is 0.984. The summed E-state index contributed by atoms with van der Waals surface area (Å²) in [6.07, 6.45) is -6.30. The zero-order valence-electron chi connectivity index (χ0n) is 26.5. The molecular weight excluding hydrogens is 693 g/mol. The zero-order chi connectivity index (χ0) is 36.6. The molecule has 0 bridgehead atoms. The van der Waals surface area contributed by atoms with E-state index in [1.807, 2.05) is 0 Å². The van der Waals surface area contributed by atoms with E-state index in [1.165, 1.54) is 56.3 Å². The van der Waals surface area contributed by atoms with Gasteiger partial charge >= 0.3 is 24.3 Å². The van der Waals surface area contributed by atoms with Gasteiger partial charge in [0.25, 0.3) is 5.91 Å². The number of alkyl halides is 3. The van der Waals surface area contributed by atoms with Gasteiger partial charge in [0.15, 0.2) is 11.6 Å². The van der Waals surface area contributed by atoms with E-state index in [4.69, 9.17) is 23.7 Å². The molecule has 16 heteroatoms. The lowest BCUT2D eigenvalue weighted by molar-refractivity contribution is -0.167. The molecule has 1 heterocycles. The number of carbonyl (C=O) groups is 4. The molecule has 0 aliphatic heterocycles. The van der Waals surface area contributed by atoms with E-state index in [0.717, 1.165) is 30.6 Å². The third kappa shape index (κ3) is 7.86. The Labute approximate surface area is 285 Å². The molecule has 0 saturated heterocycles. The molecule has 4 aromatic rings. The molecule has 0 radical (unpaired) electrons. The first kappa shape index (κ1) is 37.3. The van der Waals surface area contributed by atoms with Gasteiger partial charge < -0.3 is 29.0 Å². The van der Waals surface area contributed by atoms with Gasteiger partial charge in [-0.3, -0.25) is 14.4 Å². The van der Waals surface area contributed by atoms with Crippen molar-refractivity contribution in [2.45, 2.75) is 25.4 Å². The third-order valence-corrected chi connectivity index (χ3v) is 8.09. The Morgan fingerprint density at radius 1 is 0.820 bits per heavy atom. The fraction of sp³-hybridized carbons (Fsp3) is 0.235. The number of hydrogen-bond donors (Lipinski definition) is 1. The third-order valence-electron chi connectivity index (χ3n) is 7.06. The molecule has 50 heavy (non-hydrogen) atoms. The first-order valence-corrected chi connectivity index (χ1v) is 15.5. The average molecular weight is 722 g/mol. The Bertz CT molecular complexity index is 1840. The molecule has 264 valence electrons. The summed E-state index contributed by atoms with van der Waals surface area (Å²) >= 11 is 0.964. The molecule has 0 atom stereocenters. The van der Waals surface area contributed by atoms with Crippen molar-refractivity contribution in [3.8, 4) is 22.6 Å². The van der Waals surface area contributed by atoms with Crippen LogP contribution in [0.3, 0.4) is 0 Å². The minimum absolute atomic E-state index is 0.0588. The number of methoxy groups -OCH3 is 1. The number of carbonyl (C=O) groups excluding carboxylic acids is 4. The van der Waals surface area contributed by atoms with Crippen molar-refractivity contribution in [3.05, 3.63) is 99.7 Å². The van der Waals surface area contributed by atoms with Crippen LogP contribution in [-0.2, 0) is 35.4 Å². The molecule has 0 aliphatic rings. The number of thiophene rings is 1. The van der Waals surface area contributed by atoms with Crippen molar-refractivity contribution in [1.82, 2.24) is 0 Å². The summed E-state index contributed by atoms with van der Waals surface area (Å²) in [6.45, 7) is 1.67. The van der Waals surface area contributed by atoms with Crippen LogP contribution in [0.2, 0.25) is 0 Å². The van der Waals surface area contributed by atoms with E-state index in [0.29, 0.717) is 6.07 Å². The van der Waals surface area contributed by atoms with Gasteiger partial charge in [-0.05, 0) is 54.6 Å². The highest BCUT2D eigenvalue weighted by Gasteiger charge is 2.53. The number of nitrogens with one attached hydrogen (secondary N) is 1. The van der Waals surface area contributed by atoms with Gasteiger partial charge in [-0.15, -0.1) is 11.3 Å². The smallest absolute Gasteiger partial charge is 0.491 e. The highest BCUT2D eigenvalue weighted by Crippen LogP contribution is 2.39. The molecule has 10 nitrogen and oxygen atoms in total. The van der Waals surface area contributed by atoms with Gasteiger partial charge in [0, 0.05) is 16.5 Å². The van der Waals surface area contributed by atoms with Crippen LogP contribution in [0.4, 0.5) is 32.4 Å². The van der Waals surface area contributed by atoms with Crippen molar-refractivity contribution in [3.63, 3.8) is 0 Å². The van der Waals surface area contributed by atoms with Gasteiger partial charge in [-0.2, -0.15) is 17.6 Å². The van der Waals surface area contributed by atoms with Crippen molar-refractivity contribution in [2.24, 2.45) is 0 Å². The molecule has 1 aromatic heterocycles. The maximum atomic E-state index is 15.6. The lowest BCUT2D eigenvalue weighted by Crippen LogP contribution is -2.50. The van der Waals surface area contributed by atoms with Crippen molar-refractivity contribution < 1.29 is 64.8 Å². The molecule has 0 saturated carbocycles. The fourth-order valence-electron chi connectivity index (χ4n) is 4.71. The molecule has 0 spiro atoms. The molecular formula is C34H28F5NO9S. The van der Waals surface area contributed by atoms with E-state index < -0.39 is 76.6 Å². The zero-order valence-corrected chi connectivity index (χ0v) is 27.3. The monoisotopic (exact) mass is 721 g/mol. The number of amides is 1. The van der Waals surface area contributed by atoms with E-state index in [2.05, 4.69) is 5.32 Å². The van der Waals surface area contributed by atoms with Crippen LogP contribution in [-0.4, -0.2) is 50.9 Å². The van der Waals surface area contributed by atoms with Gasteiger partial charge in [0.2, 0.25) is 17.0 Å². The number of ether oxygens (including phenoxy) is 5. The van der Waals surface area contributed by atoms with Gasteiger partial charge in [-0.25, -0.2) is 9.18 Å². The van der Waals surface area contributed by atoms with Gasteiger partial charge in [0.05, 0.1) is 31.6 Å². The van der Waals surface area contributed by atoms with Crippen LogP contribution in [0.1, 0.15) is 34.6 Å². The van der Waals surface area contributed by atoms with Crippen LogP contribution in [0.15, 0.2) is 72.1 Å². The normalized spacial score (nSPS) is 11.4.